The van der Waals surface area contributed by atoms with E-state index < -0.39 is 11.6 Å². The fraction of sp³-hybridized carbons (Fsp3) is 0.318. The fourth-order valence-electron chi connectivity index (χ4n) is 3.44. The van der Waals surface area contributed by atoms with E-state index in [1.807, 2.05) is 19.1 Å². The average molecular weight is 386 g/mol. The van der Waals surface area contributed by atoms with Crippen LogP contribution in [-0.2, 0) is 11.2 Å². The molecule has 4 nitrogen and oxygen atoms in total. The Balaban J connectivity index is 1.69. The van der Waals surface area contributed by atoms with Gasteiger partial charge in [0.2, 0.25) is 5.91 Å². The van der Waals surface area contributed by atoms with Crippen LogP contribution in [0.15, 0.2) is 42.5 Å². The summed E-state index contributed by atoms with van der Waals surface area (Å²) in [5, 5.41) is 12.1. The number of hydrogen-bond donors (Lipinski definition) is 2. The predicted octanol–water partition coefficient (Wildman–Crippen LogP) is 3.60. The van der Waals surface area contributed by atoms with Gasteiger partial charge in [0.05, 0.1) is 12.6 Å². The van der Waals surface area contributed by atoms with Crippen molar-refractivity contribution in [2.45, 2.75) is 25.8 Å². The molecule has 0 spiro atoms. The highest BCUT2D eigenvalue weighted by Crippen LogP contribution is 2.30. The Kier molecular flexibility index (Phi) is 6.41. The second-order valence-electron chi connectivity index (χ2n) is 6.93. The number of amides is 1. The molecule has 0 saturated heterocycles. The van der Waals surface area contributed by atoms with Crippen molar-refractivity contribution in [1.29, 1.82) is 0 Å². The maximum Gasteiger partial charge on any atom is 0.244 e. The molecule has 0 saturated carbocycles. The monoisotopic (exact) mass is 386 g/mol. The van der Waals surface area contributed by atoms with Crippen LogP contribution in [0.1, 0.15) is 36.1 Å². The number of carbonyl (C=O) groups is 1. The zero-order valence-electron chi connectivity index (χ0n) is 15.8. The maximum absolute atomic E-state index is 13.6. The normalized spacial score (nSPS) is 14.8. The number of aliphatic hydroxyl groups excluding tert-OH is 1. The van der Waals surface area contributed by atoms with E-state index in [0.717, 1.165) is 48.8 Å². The maximum atomic E-state index is 13.6. The first-order chi connectivity index (χ1) is 13.5. The molecule has 0 aliphatic carbocycles. The van der Waals surface area contributed by atoms with Crippen LogP contribution < -0.4 is 10.2 Å². The van der Waals surface area contributed by atoms with Crippen molar-refractivity contribution >= 4 is 17.7 Å². The fourth-order valence-corrected chi connectivity index (χ4v) is 3.44. The van der Waals surface area contributed by atoms with E-state index >= 15 is 0 Å². The number of β-amino-alcohol motifs (C(OH)–C–C–N with tert-alkyl or cyclic N) is 1. The number of fused-ring (bicyclic) bond motifs is 1. The van der Waals surface area contributed by atoms with E-state index in [1.165, 1.54) is 17.7 Å². The van der Waals surface area contributed by atoms with Crippen LogP contribution in [0, 0.1) is 11.6 Å². The van der Waals surface area contributed by atoms with Crippen LogP contribution in [0.2, 0.25) is 0 Å². The Morgan fingerprint density at radius 1 is 1.29 bits per heavy atom. The van der Waals surface area contributed by atoms with E-state index in [4.69, 9.17) is 0 Å². The zero-order valence-corrected chi connectivity index (χ0v) is 15.8. The van der Waals surface area contributed by atoms with Gasteiger partial charge in [-0.05, 0) is 61.2 Å². The minimum atomic E-state index is -0.586. The van der Waals surface area contributed by atoms with Crippen molar-refractivity contribution in [2.75, 3.05) is 24.6 Å². The number of halogens is 2. The van der Waals surface area contributed by atoms with E-state index in [0.29, 0.717) is 6.54 Å². The summed E-state index contributed by atoms with van der Waals surface area (Å²) in [5.74, 6) is -1.53. The van der Waals surface area contributed by atoms with Crippen LogP contribution in [0.25, 0.3) is 6.08 Å². The van der Waals surface area contributed by atoms with Gasteiger partial charge in [-0.1, -0.05) is 12.1 Å². The SMILES string of the molecule is CC(NC(=O)C=Cc1cc(F)ccc1F)c1ccc2c(c1)N(CCO)CCC2. The second-order valence-corrected chi connectivity index (χ2v) is 6.93. The van der Waals surface area contributed by atoms with Crippen LogP contribution in [0.3, 0.4) is 0 Å². The Hall–Kier alpha value is -2.73. The number of hydrogen-bond acceptors (Lipinski definition) is 3. The third-order valence-electron chi connectivity index (χ3n) is 4.93. The number of aryl methyl sites for hydroxylation is 1. The van der Waals surface area contributed by atoms with Crippen molar-refractivity contribution < 1.29 is 18.7 Å². The minimum absolute atomic E-state index is 0.0243. The molecule has 28 heavy (non-hydrogen) atoms. The molecule has 1 amide bonds. The molecule has 148 valence electrons. The first-order valence-electron chi connectivity index (χ1n) is 9.40. The summed E-state index contributed by atoms with van der Waals surface area (Å²) in [6, 6.07) is 8.95. The number of anilines is 1. The highest BCUT2D eigenvalue weighted by Gasteiger charge is 2.18. The van der Waals surface area contributed by atoms with Gasteiger partial charge in [0.25, 0.3) is 0 Å². The molecule has 1 atom stereocenters. The zero-order chi connectivity index (χ0) is 20.1. The molecule has 1 aliphatic heterocycles. The van der Waals surface area contributed by atoms with Crippen molar-refractivity contribution in [3.05, 3.63) is 70.8 Å². The van der Waals surface area contributed by atoms with Gasteiger partial charge in [-0.2, -0.15) is 0 Å². The molecule has 1 unspecified atom stereocenters. The number of nitrogens with zero attached hydrogens (tertiary/aromatic N) is 1. The van der Waals surface area contributed by atoms with E-state index in [9.17, 15) is 18.7 Å². The summed E-state index contributed by atoms with van der Waals surface area (Å²) in [6.45, 7) is 3.45. The van der Waals surface area contributed by atoms with E-state index in [2.05, 4.69) is 16.3 Å². The van der Waals surface area contributed by atoms with Gasteiger partial charge >= 0.3 is 0 Å². The molecule has 0 radical (unpaired) electrons. The topological polar surface area (TPSA) is 52.6 Å². The number of benzene rings is 2. The Morgan fingerprint density at radius 2 is 2.11 bits per heavy atom. The summed E-state index contributed by atoms with van der Waals surface area (Å²) in [4.78, 5) is 14.4. The van der Waals surface area contributed by atoms with Gasteiger partial charge in [-0.3, -0.25) is 4.79 Å². The highest BCUT2D eigenvalue weighted by molar-refractivity contribution is 5.92. The second kappa shape index (κ2) is 8.97. The van der Waals surface area contributed by atoms with Crippen LogP contribution >= 0.6 is 0 Å². The third-order valence-corrected chi connectivity index (χ3v) is 4.93. The standard InChI is InChI=1S/C22H24F2N2O2/c1-15(25-22(28)9-6-18-13-19(23)7-8-20(18)24)17-5-4-16-3-2-10-26(11-12-27)21(16)14-17/h4-9,13-15,27H,2-3,10-12H2,1H3,(H,25,28). The lowest BCUT2D eigenvalue weighted by Crippen LogP contribution is -2.32. The molecule has 2 aromatic carbocycles. The molecule has 2 aromatic rings. The summed E-state index contributed by atoms with van der Waals surface area (Å²) in [7, 11) is 0. The Labute approximate surface area is 163 Å². The van der Waals surface area contributed by atoms with E-state index in [1.54, 1.807) is 0 Å². The van der Waals surface area contributed by atoms with Crippen molar-refractivity contribution in [1.82, 2.24) is 5.32 Å². The first-order valence-corrected chi connectivity index (χ1v) is 9.40. The first kappa shape index (κ1) is 20.0. The van der Waals surface area contributed by atoms with Gasteiger partial charge in [0.15, 0.2) is 0 Å². The smallest absolute Gasteiger partial charge is 0.244 e. The average Bonchev–Trinajstić information content (AvgIpc) is 2.69. The van der Waals surface area contributed by atoms with Gasteiger partial charge in [-0.15, -0.1) is 0 Å². The lowest BCUT2D eigenvalue weighted by molar-refractivity contribution is -0.117. The highest BCUT2D eigenvalue weighted by atomic mass is 19.1. The lowest BCUT2D eigenvalue weighted by Gasteiger charge is -2.31. The number of rotatable bonds is 6. The van der Waals surface area contributed by atoms with Gasteiger partial charge < -0.3 is 15.3 Å². The largest absolute Gasteiger partial charge is 0.395 e. The molecule has 3 rings (SSSR count). The molecular weight excluding hydrogens is 362 g/mol. The van der Waals surface area contributed by atoms with Crippen LogP contribution in [0.4, 0.5) is 14.5 Å². The number of nitrogens with one attached hydrogen (secondary N) is 1. The summed E-state index contributed by atoms with van der Waals surface area (Å²) >= 11 is 0. The molecule has 0 fully saturated rings. The summed E-state index contributed by atoms with van der Waals surface area (Å²) < 4.78 is 26.8. The van der Waals surface area contributed by atoms with Gasteiger partial charge in [-0.25, -0.2) is 8.78 Å². The molecule has 6 heteroatoms. The number of aliphatic hydroxyl groups is 1. The molecule has 1 aliphatic rings. The van der Waals surface area contributed by atoms with Gasteiger partial charge in [0, 0.05) is 30.4 Å². The van der Waals surface area contributed by atoms with Gasteiger partial charge in [0.1, 0.15) is 11.6 Å². The number of carbonyl (C=O) groups excluding carboxylic acids is 1. The molecule has 0 aromatic heterocycles. The molecule has 0 bridgehead atoms. The Bertz CT molecular complexity index is 883. The third kappa shape index (κ3) is 4.75. The minimum Gasteiger partial charge on any atom is -0.395 e. The molecule has 2 N–H and O–H groups in total. The van der Waals surface area contributed by atoms with E-state index in [-0.39, 0.29) is 24.1 Å². The summed E-state index contributed by atoms with van der Waals surface area (Å²) in [5.41, 5.74) is 3.30. The predicted molar refractivity (Wildman–Crippen MR) is 106 cm³/mol. The summed E-state index contributed by atoms with van der Waals surface area (Å²) in [6.07, 6.45) is 4.52. The quantitative estimate of drug-likeness (QED) is 0.746. The lowest BCUT2D eigenvalue weighted by atomic mass is 9.97. The van der Waals surface area contributed by atoms with Crippen LogP contribution in [-0.4, -0.2) is 30.7 Å². The van der Waals surface area contributed by atoms with Crippen molar-refractivity contribution in [3.8, 4) is 0 Å². The van der Waals surface area contributed by atoms with Crippen molar-refractivity contribution in [3.63, 3.8) is 0 Å². The van der Waals surface area contributed by atoms with Crippen molar-refractivity contribution in [2.24, 2.45) is 0 Å². The Morgan fingerprint density at radius 3 is 2.89 bits per heavy atom. The molecular formula is C22H24F2N2O2. The molecule has 1 heterocycles. The van der Waals surface area contributed by atoms with Crippen LogP contribution in [0.5, 0.6) is 0 Å².